The van der Waals surface area contributed by atoms with Crippen LogP contribution >= 0.6 is 0 Å². The third-order valence-corrected chi connectivity index (χ3v) is 6.38. The fourth-order valence-electron chi connectivity index (χ4n) is 4.53. The molecule has 1 atom stereocenters. The van der Waals surface area contributed by atoms with E-state index in [0.717, 1.165) is 4.68 Å². The SMILES string of the molecule is Cc1ncc(-c2cc(-c3ccnn3CC(F)(F)F)c3c(N)ncnn23)cc1N1C(=O)C(C)(C)OC[C@H]1C. The van der Waals surface area contributed by atoms with E-state index in [0.29, 0.717) is 40.3 Å². The number of nitrogen functional groups attached to an aromatic ring is 1. The number of halogens is 3. The standard InChI is InChI=1S/C24H25F3N8O2/c1-13-10-37-23(3,4)22(36)34(13)18-7-15(9-29-14(18)2)19-8-16(20-21(28)30-12-32-35(19)20)17-5-6-31-33(17)11-24(25,26)27/h5-9,12-13H,10-11H2,1-4H3,(H2,28,30,32)/t13-/m1/s1. The van der Waals surface area contributed by atoms with Gasteiger partial charge in [-0.3, -0.25) is 14.5 Å². The molecule has 5 rings (SSSR count). The number of hydrogen-bond acceptors (Lipinski definition) is 7. The number of amides is 1. The second-order valence-corrected chi connectivity index (χ2v) is 9.51. The van der Waals surface area contributed by atoms with E-state index in [-0.39, 0.29) is 23.5 Å². The molecule has 194 valence electrons. The number of aryl methyl sites for hydroxylation is 1. The highest BCUT2D eigenvalue weighted by Crippen LogP contribution is 2.37. The third kappa shape index (κ3) is 4.28. The van der Waals surface area contributed by atoms with E-state index in [2.05, 4.69) is 20.2 Å². The Morgan fingerprint density at radius 3 is 2.68 bits per heavy atom. The van der Waals surface area contributed by atoms with E-state index in [9.17, 15) is 18.0 Å². The van der Waals surface area contributed by atoms with Crippen molar-refractivity contribution in [3.63, 3.8) is 0 Å². The maximum absolute atomic E-state index is 13.3. The maximum atomic E-state index is 13.3. The summed E-state index contributed by atoms with van der Waals surface area (Å²) in [6.07, 6.45) is -0.285. The van der Waals surface area contributed by atoms with Gasteiger partial charge in [-0.1, -0.05) is 0 Å². The van der Waals surface area contributed by atoms with Gasteiger partial charge in [-0.15, -0.1) is 0 Å². The number of fused-ring (bicyclic) bond motifs is 1. The molecule has 37 heavy (non-hydrogen) atoms. The molecule has 10 nitrogen and oxygen atoms in total. The zero-order valence-electron chi connectivity index (χ0n) is 20.6. The van der Waals surface area contributed by atoms with E-state index in [1.165, 1.54) is 23.1 Å². The van der Waals surface area contributed by atoms with Crippen molar-refractivity contribution in [3.8, 4) is 22.5 Å². The van der Waals surface area contributed by atoms with Crippen molar-refractivity contribution in [1.82, 2.24) is 29.4 Å². The summed E-state index contributed by atoms with van der Waals surface area (Å²) in [5, 5.41) is 8.17. The molecule has 2 N–H and O–H groups in total. The number of rotatable bonds is 4. The minimum atomic E-state index is -4.47. The van der Waals surface area contributed by atoms with Crippen LogP contribution in [0.15, 0.2) is 36.9 Å². The molecule has 0 aromatic carbocycles. The largest absolute Gasteiger partial charge is 0.408 e. The predicted octanol–water partition coefficient (Wildman–Crippen LogP) is 3.64. The summed E-state index contributed by atoms with van der Waals surface area (Å²) in [7, 11) is 0. The quantitative estimate of drug-likeness (QED) is 0.442. The summed E-state index contributed by atoms with van der Waals surface area (Å²) in [6.45, 7) is 6.22. The van der Waals surface area contributed by atoms with Crippen molar-refractivity contribution < 1.29 is 22.7 Å². The molecular weight excluding hydrogens is 489 g/mol. The highest BCUT2D eigenvalue weighted by molar-refractivity contribution is 6.01. The van der Waals surface area contributed by atoms with Gasteiger partial charge in [0, 0.05) is 23.5 Å². The number of anilines is 2. The Hall–Kier alpha value is -4.00. The van der Waals surface area contributed by atoms with Gasteiger partial charge in [0.15, 0.2) is 5.82 Å². The minimum absolute atomic E-state index is 0.0926. The maximum Gasteiger partial charge on any atom is 0.408 e. The molecule has 1 aliphatic heterocycles. The van der Waals surface area contributed by atoms with Crippen LogP contribution in [0.2, 0.25) is 0 Å². The first kappa shape index (κ1) is 24.7. The minimum Gasteiger partial charge on any atom is -0.382 e. The van der Waals surface area contributed by atoms with Gasteiger partial charge in [-0.25, -0.2) is 9.50 Å². The Labute approximate surface area is 209 Å². The number of carbonyl (C=O) groups excluding carboxylic acids is 1. The zero-order chi connectivity index (χ0) is 26.7. The number of nitrogens with zero attached hydrogens (tertiary/aromatic N) is 7. The van der Waals surface area contributed by atoms with Gasteiger partial charge in [0.05, 0.1) is 35.4 Å². The first-order valence-corrected chi connectivity index (χ1v) is 11.5. The molecule has 0 radical (unpaired) electrons. The van der Waals surface area contributed by atoms with Crippen molar-refractivity contribution in [1.29, 1.82) is 0 Å². The van der Waals surface area contributed by atoms with E-state index in [4.69, 9.17) is 10.5 Å². The Morgan fingerprint density at radius 1 is 1.19 bits per heavy atom. The monoisotopic (exact) mass is 514 g/mol. The summed E-state index contributed by atoms with van der Waals surface area (Å²) in [5.41, 5.74) is 8.44. The van der Waals surface area contributed by atoms with Crippen molar-refractivity contribution in [2.24, 2.45) is 0 Å². The third-order valence-electron chi connectivity index (χ3n) is 6.38. The van der Waals surface area contributed by atoms with Crippen LogP contribution in [0.25, 0.3) is 28.0 Å². The molecule has 1 aliphatic rings. The fourth-order valence-corrected chi connectivity index (χ4v) is 4.53. The lowest BCUT2D eigenvalue weighted by molar-refractivity contribution is -0.147. The van der Waals surface area contributed by atoms with Crippen LogP contribution in [0.5, 0.6) is 0 Å². The van der Waals surface area contributed by atoms with Gasteiger partial charge in [0.25, 0.3) is 5.91 Å². The second-order valence-electron chi connectivity index (χ2n) is 9.51. The molecule has 5 heterocycles. The number of aromatic nitrogens is 6. The van der Waals surface area contributed by atoms with Crippen LogP contribution in [0, 0.1) is 6.92 Å². The van der Waals surface area contributed by atoms with Crippen molar-refractivity contribution >= 4 is 22.9 Å². The molecule has 4 aromatic heterocycles. The second kappa shape index (κ2) is 8.54. The Balaban J connectivity index is 1.68. The smallest absolute Gasteiger partial charge is 0.382 e. The fraction of sp³-hybridized carbons (Fsp3) is 0.375. The Morgan fingerprint density at radius 2 is 1.95 bits per heavy atom. The lowest BCUT2D eigenvalue weighted by Crippen LogP contribution is -2.58. The van der Waals surface area contributed by atoms with E-state index in [1.54, 1.807) is 37.9 Å². The van der Waals surface area contributed by atoms with Crippen LogP contribution < -0.4 is 10.6 Å². The molecule has 4 aromatic rings. The van der Waals surface area contributed by atoms with Crippen molar-refractivity contribution in [2.45, 2.75) is 52.1 Å². The van der Waals surface area contributed by atoms with Gasteiger partial charge in [0.2, 0.25) is 0 Å². The molecule has 0 aliphatic carbocycles. The number of pyridine rings is 1. The van der Waals surface area contributed by atoms with Crippen LogP contribution in [-0.2, 0) is 16.1 Å². The first-order valence-electron chi connectivity index (χ1n) is 11.5. The van der Waals surface area contributed by atoms with Crippen LogP contribution in [0.4, 0.5) is 24.7 Å². The van der Waals surface area contributed by atoms with Gasteiger partial charge in [-0.05, 0) is 45.9 Å². The van der Waals surface area contributed by atoms with E-state index >= 15 is 0 Å². The summed E-state index contributed by atoms with van der Waals surface area (Å²) < 4.78 is 47.7. The highest BCUT2D eigenvalue weighted by Gasteiger charge is 2.41. The van der Waals surface area contributed by atoms with Gasteiger partial charge >= 0.3 is 6.18 Å². The van der Waals surface area contributed by atoms with Crippen LogP contribution in [-0.4, -0.2) is 59.7 Å². The molecule has 0 unspecified atom stereocenters. The van der Waals surface area contributed by atoms with Crippen molar-refractivity contribution in [2.75, 3.05) is 17.2 Å². The molecule has 1 fully saturated rings. The average molecular weight is 515 g/mol. The molecule has 0 saturated carbocycles. The van der Waals surface area contributed by atoms with Gasteiger partial charge in [-0.2, -0.15) is 23.4 Å². The number of carbonyl (C=O) groups is 1. The van der Waals surface area contributed by atoms with Crippen LogP contribution in [0.1, 0.15) is 26.5 Å². The summed E-state index contributed by atoms with van der Waals surface area (Å²) in [4.78, 5) is 23.5. The average Bonchev–Trinajstić information content (AvgIpc) is 3.42. The summed E-state index contributed by atoms with van der Waals surface area (Å²) >= 11 is 0. The number of hydrogen-bond donors (Lipinski definition) is 1. The lowest BCUT2D eigenvalue weighted by atomic mass is 10.0. The number of nitrogens with two attached hydrogens (primary N) is 1. The molecular formula is C24H25F3N8O2. The summed E-state index contributed by atoms with van der Waals surface area (Å²) in [5.74, 6) is -0.105. The Kier molecular flexibility index (Phi) is 5.70. The van der Waals surface area contributed by atoms with Gasteiger partial charge < -0.3 is 15.4 Å². The van der Waals surface area contributed by atoms with E-state index in [1.807, 2.05) is 13.0 Å². The topological polar surface area (TPSA) is 116 Å². The predicted molar refractivity (Wildman–Crippen MR) is 130 cm³/mol. The van der Waals surface area contributed by atoms with Gasteiger partial charge in [0.1, 0.15) is 24.0 Å². The summed E-state index contributed by atoms with van der Waals surface area (Å²) in [6, 6.07) is 4.74. The number of morpholine rings is 1. The lowest BCUT2D eigenvalue weighted by Gasteiger charge is -2.42. The molecule has 0 spiro atoms. The first-order chi connectivity index (χ1) is 17.4. The normalized spacial score (nSPS) is 18.1. The highest BCUT2D eigenvalue weighted by atomic mass is 19.4. The number of ether oxygens (including phenoxy) is 1. The van der Waals surface area contributed by atoms with Crippen molar-refractivity contribution in [3.05, 3.63) is 42.6 Å². The molecule has 0 bridgehead atoms. The van der Waals surface area contributed by atoms with E-state index < -0.39 is 18.3 Å². The molecule has 13 heteroatoms. The molecule has 1 amide bonds. The number of alkyl halides is 3. The molecule has 1 saturated heterocycles. The Bertz CT molecular complexity index is 1510. The van der Waals surface area contributed by atoms with Crippen LogP contribution in [0.3, 0.4) is 0 Å². The zero-order valence-corrected chi connectivity index (χ0v) is 20.6.